The zero-order valence-corrected chi connectivity index (χ0v) is 18.0. The van der Waals surface area contributed by atoms with E-state index in [-0.39, 0.29) is 36.3 Å². The molecule has 5 nitrogen and oxygen atoms in total. The third kappa shape index (κ3) is 6.59. The molecule has 0 radical (unpaired) electrons. The molecular weight excluding hydrogens is 504 g/mol. The molecule has 0 bridgehead atoms. The van der Waals surface area contributed by atoms with E-state index in [9.17, 15) is 9.50 Å². The van der Waals surface area contributed by atoms with Gasteiger partial charge in [-0.2, -0.15) is 0 Å². The van der Waals surface area contributed by atoms with Crippen molar-refractivity contribution < 1.29 is 13.9 Å². The predicted octanol–water partition coefficient (Wildman–Crippen LogP) is 3.76. The standard InChI is InChI=1S/C17H21BrFN3O2.HI/c1-3-20-16(21-10-12-6-7-13(18)14(19)9-12)22-11-17(2,23)15-5-4-8-24-15;/h4-9,23H,3,10-11H2,1-2H3,(H2,20,21,22);1H. The number of nitrogens with one attached hydrogen (secondary N) is 2. The smallest absolute Gasteiger partial charge is 0.191 e. The van der Waals surface area contributed by atoms with Crippen LogP contribution >= 0.6 is 39.9 Å². The Morgan fingerprint density at radius 1 is 1.36 bits per heavy atom. The van der Waals surface area contributed by atoms with Gasteiger partial charge < -0.3 is 20.2 Å². The van der Waals surface area contributed by atoms with Gasteiger partial charge in [0.25, 0.3) is 0 Å². The van der Waals surface area contributed by atoms with Crippen molar-refractivity contribution in [1.29, 1.82) is 0 Å². The number of benzene rings is 1. The average Bonchev–Trinajstić information content (AvgIpc) is 3.09. The monoisotopic (exact) mass is 525 g/mol. The summed E-state index contributed by atoms with van der Waals surface area (Å²) in [6, 6.07) is 8.35. The molecule has 0 aliphatic heterocycles. The van der Waals surface area contributed by atoms with E-state index >= 15 is 0 Å². The van der Waals surface area contributed by atoms with Crippen molar-refractivity contribution in [3.63, 3.8) is 0 Å². The van der Waals surface area contributed by atoms with Gasteiger partial charge in [-0.1, -0.05) is 6.07 Å². The lowest BCUT2D eigenvalue weighted by atomic mass is 10.0. The lowest BCUT2D eigenvalue weighted by Crippen LogP contribution is -2.44. The Kier molecular flexibility index (Phi) is 8.87. The van der Waals surface area contributed by atoms with E-state index < -0.39 is 5.60 Å². The molecule has 0 amide bonds. The zero-order chi connectivity index (χ0) is 17.6. The van der Waals surface area contributed by atoms with Gasteiger partial charge in [0.15, 0.2) is 5.96 Å². The lowest BCUT2D eigenvalue weighted by Gasteiger charge is -2.22. The zero-order valence-electron chi connectivity index (χ0n) is 14.1. The molecule has 0 spiro atoms. The molecule has 1 unspecified atom stereocenters. The minimum absolute atomic E-state index is 0. The largest absolute Gasteiger partial charge is 0.466 e. The molecule has 0 saturated carbocycles. The highest BCUT2D eigenvalue weighted by molar-refractivity contribution is 14.0. The first kappa shape index (κ1) is 21.9. The van der Waals surface area contributed by atoms with Gasteiger partial charge in [-0.25, -0.2) is 9.38 Å². The molecule has 2 rings (SSSR count). The summed E-state index contributed by atoms with van der Waals surface area (Å²) < 4.78 is 19.2. The Labute approximate surface area is 172 Å². The molecule has 0 aliphatic carbocycles. The minimum atomic E-state index is -1.16. The molecule has 0 fully saturated rings. The van der Waals surface area contributed by atoms with Crippen LogP contribution in [-0.4, -0.2) is 24.2 Å². The van der Waals surface area contributed by atoms with Crippen molar-refractivity contribution >= 4 is 45.9 Å². The molecule has 138 valence electrons. The number of halogens is 3. The molecular formula is C17H22BrFIN3O2. The fourth-order valence-corrected chi connectivity index (χ4v) is 2.32. The maximum absolute atomic E-state index is 13.5. The molecule has 1 atom stereocenters. The summed E-state index contributed by atoms with van der Waals surface area (Å²) in [6.45, 7) is 4.82. The summed E-state index contributed by atoms with van der Waals surface area (Å²) in [5, 5.41) is 16.6. The fourth-order valence-electron chi connectivity index (χ4n) is 2.08. The molecule has 1 heterocycles. The quantitative estimate of drug-likeness (QED) is 0.305. The first-order valence-corrected chi connectivity index (χ1v) is 8.44. The van der Waals surface area contributed by atoms with Gasteiger partial charge in [0, 0.05) is 6.54 Å². The third-order valence-corrected chi connectivity index (χ3v) is 4.04. The fraction of sp³-hybridized carbons (Fsp3) is 0.353. The highest BCUT2D eigenvalue weighted by Gasteiger charge is 2.26. The van der Waals surface area contributed by atoms with Gasteiger partial charge >= 0.3 is 0 Å². The number of hydrogen-bond acceptors (Lipinski definition) is 3. The summed E-state index contributed by atoms with van der Waals surface area (Å²) in [5.41, 5.74) is -0.408. The van der Waals surface area contributed by atoms with Crippen LogP contribution in [-0.2, 0) is 12.1 Å². The van der Waals surface area contributed by atoms with E-state index in [0.717, 1.165) is 5.56 Å². The van der Waals surface area contributed by atoms with Gasteiger partial charge in [0.1, 0.15) is 17.2 Å². The van der Waals surface area contributed by atoms with Crippen LogP contribution in [0.1, 0.15) is 25.2 Å². The normalized spacial score (nSPS) is 13.7. The van der Waals surface area contributed by atoms with Crippen LogP contribution in [0.2, 0.25) is 0 Å². The van der Waals surface area contributed by atoms with Gasteiger partial charge in [0.2, 0.25) is 0 Å². The van der Waals surface area contributed by atoms with Crippen LogP contribution in [0, 0.1) is 5.82 Å². The number of rotatable bonds is 6. The number of aliphatic imine (C=N–C) groups is 1. The van der Waals surface area contributed by atoms with E-state index in [1.165, 1.54) is 12.3 Å². The van der Waals surface area contributed by atoms with Crippen LogP contribution in [0.5, 0.6) is 0 Å². The molecule has 1 aromatic carbocycles. The van der Waals surface area contributed by atoms with Crippen LogP contribution in [0.25, 0.3) is 0 Å². The van der Waals surface area contributed by atoms with Crippen molar-refractivity contribution in [3.05, 3.63) is 58.2 Å². The van der Waals surface area contributed by atoms with Gasteiger partial charge in [-0.3, -0.25) is 0 Å². The Balaban J connectivity index is 0.00000312. The third-order valence-electron chi connectivity index (χ3n) is 3.40. The SMILES string of the molecule is CCNC(=NCc1ccc(Br)c(F)c1)NCC(C)(O)c1ccco1.I. The predicted molar refractivity (Wildman–Crippen MR) is 111 cm³/mol. The summed E-state index contributed by atoms with van der Waals surface area (Å²) >= 11 is 3.13. The van der Waals surface area contributed by atoms with E-state index in [1.54, 1.807) is 31.2 Å². The van der Waals surface area contributed by atoms with E-state index in [2.05, 4.69) is 31.6 Å². The van der Waals surface area contributed by atoms with Crippen molar-refractivity contribution in [2.24, 2.45) is 4.99 Å². The second-order valence-electron chi connectivity index (χ2n) is 5.55. The Bertz CT molecular complexity index is 693. The molecule has 0 aliphatic rings. The van der Waals surface area contributed by atoms with Gasteiger partial charge in [-0.05, 0) is 59.6 Å². The second kappa shape index (κ2) is 10.1. The van der Waals surface area contributed by atoms with Gasteiger partial charge in [0.05, 0.1) is 23.8 Å². The second-order valence-corrected chi connectivity index (χ2v) is 6.40. The first-order chi connectivity index (χ1) is 11.4. The molecule has 1 aromatic heterocycles. The van der Waals surface area contributed by atoms with Crippen LogP contribution in [0.15, 0.2) is 50.5 Å². The lowest BCUT2D eigenvalue weighted by molar-refractivity contribution is 0.0386. The average molecular weight is 526 g/mol. The van der Waals surface area contributed by atoms with E-state index in [0.29, 0.717) is 29.3 Å². The number of hydrogen-bond donors (Lipinski definition) is 3. The molecule has 8 heteroatoms. The Hall–Kier alpha value is -1.13. The summed E-state index contributed by atoms with van der Waals surface area (Å²) in [6.07, 6.45) is 1.52. The Morgan fingerprint density at radius 3 is 2.72 bits per heavy atom. The van der Waals surface area contributed by atoms with Crippen molar-refractivity contribution in [2.45, 2.75) is 26.0 Å². The molecule has 2 aromatic rings. The molecule has 25 heavy (non-hydrogen) atoms. The van der Waals surface area contributed by atoms with Crippen molar-refractivity contribution in [3.8, 4) is 0 Å². The summed E-state index contributed by atoms with van der Waals surface area (Å²) in [7, 11) is 0. The van der Waals surface area contributed by atoms with Crippen LogP contribution in [0.3, 0.4) is 0 Å². The van der Waals surface area contributed by atoms with E-state index in [4.69, 9.17) is 4.42 Å². The molecule has 3 N–H and O–H groups in total. The van der Waals surface area contributed by atoms with E-state index in [1.807, 2.05) is 6.92 Å². The summed E-state index contributed by atoms with van der Waals surface area (Å²) in [5.74, 6) is 0.690. The molecule has 0 saturated heterocycles. The topological polar surface area (TPSA) is 69.8 Å². The number of aliphatic hydroxyl groups is 1. The number of nitrogens with zero attached hydrogens (tertiary/aromatic N) is 1. The number of furan rings is 1. The first-order valence-electron chi connectivity index (χ1n) is 7.65. The highest BCUT2D eigenvalue weighted by Crippen LogP contribution is 2.20. The maximum Gasteiger partial charge on any atom is 0.191 e. The van der Waals surface area contributed by atoms with Crippen molar-refractivity contribution in [2.75, 3.05) is 13.1 Å². The van der Waals surface area contributed by atoms with Crippen LogP contribution < -0.4 is 10.6 Å². The Morgan fingerprint density at radius 2 is 2.12 bits per heavy atom. The van der Waals surface area contributed by atoms with Crippen molar-refractivity contribution in [1.82, 2.24) is 10.6 Å². The maximum atomic E-state index is 13.5. The van der Waals surface area contributed by atoms with Gasteiger partial charge in [-0.15, -0.1) is 24.0 Å². The number of guanidine groups is 1. The highest BCUT2D eigenvalue weighted by atomic mass is 127. The van der Waals surface area contributed by atoms with Crippen LogP contribution in [0.4, 0.5) is 4.39 Å². The minimum Gasteiger partial charge on any atom is -0.466 e. The summed E-state index contributed by atoms with van der Waals surface area (Å²) in [4.78, 5) is 4.41.